The average molecular weight is 469 g/mol. The second-order valence-electron chi connectivity index (χ2n) is 10.5. The molecule has 6 nitrogen and oxygen atoms in total. The van der Waals surface area contributed by atoms with Crippen LogP contribution in [0.15, 0.2) is 54.0 Å². The predicted octanol–water partition coefficient (Wildman–Crippen LogP) is 5.06. The number of nitrogens with two attached hydrogens (primary N) is 1. The molecule has 1 aromatic heterocycles. The maximum Gasteiger partial charge on any atom is 0.0891 e. The van der Waals surface area contributed by atoms with E-state index in [1.165, 1.54) is 29.4 Å². The normalized spacial score (nSPS) is 20.3. The standard InChI is InChI=1S/C29H36N6/c1-20(34-12-5-7-24(30)19-34)23-15-26-29(33(2)13-11-31-26)27(16-23)32-17-25-14-22-6-3-4-8-28(22)35(25)18-21-9-10-21/h3-4,6,8,14-17,21,24,31H,1,5,7,9-13,18-19,30H2,2H3. The first-order chi connectivity index (χ1) is 17.1. The Morgan fingerprint density at radius 3 is 2.86 bits per heavy atom. The summed E-state index contributed by atoms with van der Waals surface area (Å²) in [5, 5.41) is 4.88. The Labute approximate surface area is 208 Å². The minimum absolute atomic E-state index is 0.216. The number of piperidine rings is 1. The van der Waals surface area contributed by atoms with Gasteiger partial charge in [-0.15, -0.1) is 0 Å². The van der Waals surface area contributed by atoms with Gasteiger partial charge in [0.15, 0.2) is 0 Å². The summed E-state index contributed by atoms with van der Waals surface area (Å²) in [6.45, 7) is 9.29. The lowest BCUT2D eigenvalue weighted by molar-refractivity contribution is 0.296. The van der Waals surface area contributed by atoms with Crippen LogP contribution in [0.1, 0.15) is 36.9 Å². The van der Waals surface area contributed by atoms with E-state index < -0.39 is 0 Å². The molecule has 0 bridgehead atoms. The average Bonchev–Trinajstić information content (AvgIpc) is 3.62. The molecular weight excluding hydrogens is 432 g/mol. The SMILES string of the molecule is C=C(c1cc(N=Cc2cc3ccccc3n2CC2CC2)c2c(c1)NCCN2C)N1CCCC(N)C1. The maximum absolute atomic E-state index is 6.27. The summed E-state index contributed by atoms with van der Waals surface area (Å²) >= 11 is 0. The Hall–Kier alpha value is -3.25. The van der Waals surface area contributed by atoms with Crippen LogP contribution in [0, 0.1) is 5.92 Å². The molecule has 0 spiro atoms. The fourth-order valence-electron chi connectivity index (χ4n) is 5.56. The van der Waals surface area contributed by atoms with Crippen LogP contribution in [-0.2, 0) is 6.54 Å². The predicted molar refractivity (Wildman–Crippen MR) is 148 cm³/mol. The third-order valence-corrected chi connectivity index (χ3v) is 7.72. The molecular formula is C29H36N6. The minimum Gasteiger partial charge on any atom is -0.382 e. The van der Waals surface area contributed by atoms with Crippen LogP contribution >= 0.6 is 0 Å². The van der Waals surface area contributed by atoms with Crippen LogP contribution in [0.3, 0.4) is 0 Å². The highest BCUT2D eigenvalue weighted by molar-refractivity contribution is 5.94. The first-order valence-corrected chi connectivity index (χ1v) is 13.0. The monoisotopic (exact) mass is 468 g/mol. The number of benzene rings is 2. The van der Waals surface area contributed by atoms with Gasteiger partial charge in [0.2, 0.25) is 0 Å². The molecule has 6 rings (SSSR count). The smallest absolute Gasteiger partial charge is 0.0891 e. The maximum atomic E-state index is 6.27. The molecule has 1 aliphatic carbocycles. The van der Waals surface area contributed by atoms with Gasteiger partial charge >= 0.3 is 0 Å². The number of hydrogen-bond donors (Lipinski definition) is 2. The van der Waals surface area contributed by atoms with E-state index in [1.54, 1.807) is 0 Å². The molecule has 3 N–H and O–H groups in total. The molecule has 6 heteroatoms. The second-order valence-corrected chi connectivity index (χ2v) is 10.5. The number of likely N-dealkylation sites (tertiary alicyclic amines) is 1. The van der Waals surface area contributed by atoms with E-state index in [2.05, 4.69) is 82.0 Å². The van der Waals surface area contributed by atoms with Gasteiger partial charge in [0.25, 0.3) is 0 Å². The van der Waals surface area contributed by atoms with Crippen LogP contribution < -0.4 is 16.0 Å². The first-order valence-electron chi connectivity index (χ1n) is 13.0. The van der Waals surface area contributed by atoms with E-state index in [0.717, 1.165) is 79.8 Å². The molecule has 0 radical (unpaired) electrons. The molecule has 3 aliphatic rings. The van der Waals surface area contributed by atoms with Crippen LogP contribution in [0.2, 0.25) is 0 Å². The summed E-state index contributed by atoms with van der Waals surface area (Å²) in [5.74, 6) is 0.795. The number of hydrogen-bond acceptors (Lipinski definition) is 5. The zero-order chi connectivity index (χ0) is 23.9. The Balaban J connectivity index is 1.39. The molecule has 2 fully saturated rings. The number of aliphatic imine (C=N–C) groups is 1. The number of rotatable bonds is 6. The van der Waals surface area contributed by atoms with E-state index in [1.807, 2.05) is 0 Å². The highest BCUT2D eigenvalue weighted by atomic mass is 15.2. The van der Waals surface area contributed by atoms with Crippen molar-refractivity contribution in [1.29, 1.82) is 0 Å². The van der Waals surface area contributed by atoms with Crippen molar-refractivity contribution in [3.8, 4) is 0 Å². The van der Waals surface area contributed by atoms with Crippen molar-refractivity contribution < 1.29 is 0 Å². The highest BCUT2D eigenvalue weighted by Crippen LogP contribution is 2.41. The van der Waals surface area contributed by atoms with Gasteiger partial charge in [0.05, 0.1) is 29.0 Å². The molecule has 182 valence electrons. The fraction of sp³-hybridized carbons (Fsp3) is 0.414. The number of para-hydroxylation sites is 1. The van der Waals surface area contributed by atoms with Crippen LogP contribution in [-0.4, -0.2) is 55.0 Å². The number of nitrogens with zero attached hydrogens (tertiary/aromatic N) is 4. The van der Waals surface area contributed by atoms with Crippen LogP contribution in [0.5, 0.6) is 0 Å². The topological polar surface area (TPSA) is 61.8 Å². The van der Waals surface area contributed by atoms with Gasteiger partial charge in [-0.3, -0.25) is 4.99 Å². The summed E-state index contributed by atoms with van der Waals surface area (Å²) in [6, 6.07) is 15.6. The summed E-state index contributed by atoms with van der Waals surface area (Å²) in [5.41, 5.74) is 14.2. The molecule has 2 aromatic carbocycles. The lowest BCUT2D eigenvalue weighted by atomic mass is 10.0. The molecule has 2 aliphatic heterocycles. The van der Waals surface area contributed by atoms with Crippen molar-refractivity contribution in [3.63, 3.8) is 0 Å². The zero-order valence-corrected chi connectivity index (χ0v) is 20.7. The number of anilines is 2. The Kier molecular flexibility index (Phi) is 5.77. The zero-order valence-electron chi connectivity index (χ0n) is 20.7. The molecule has 1 saturated carbocycles. The van der Waals surface area contributed by atoms with E-state index in [0.29, 0.717) is 0 Å². The molecule has 1 unspecified atom stereocenters. The number of fused-ring (bicyclic) bond motifs is 2. The number of likely N-dealkylation sites (N-methyl/N-ethyl adjacent to an activating group) is 1. The molecule has 3 heterocycles. The van der Waals surface area contributed by atoms with Gasteiger partial charge in [-0.2, -0.15) is 0 Å². The Morgan fingerprint density at radius 1 is 1.17 bits per heavy atom. The minimum atomic E-state index is 0.216. The van der Waals surface area contributed by atoms with Crippen molar-refractivity contribution in [3.05, 3.63) is 60.3 Å². The molecule has 3 aromatic rings. The van der Waals surface area contributed by atoms with E-state index in [4.69, 9.17) is 10.7 Å². The second kappa shape index (κ2) is 9.08. The molecule has 1 atom stereocenters. The van der Waals surface area contributed by atoms with Crippen molar-refractivity contribution in [2.45, 2.75) is 38.3 Å². The van der Waals surface area contributed by atoms with E-state index in [-0.39, 0.29) is 6.04 Å². The third-order valence-electron chi connectivity index (χ3n) is 7.72. The summed E-state index contributed by atoms with van der Waals surface area (Å²) in [7, 11) is 2.15. The summed E-state index contributed by atoms with van der Waals surface area (Å²) in [4.78, 5) is 9.76. The molecule has 0 amide bonds. The Bertz CT molecular complexity index is 1280. The number of aromatic nitrogens is 1. The van der Waals surface area contributed by atoms with Crippen molar-refractivity contribution in [1.82, 2.24) is 9.47 Å². The third kappa shape index (κ3) is 4.43. The first kappa shape index (κ1) is 22.2. The van der Waals surface area contributed by atoms with Crippen molar-refractivity contribution in [2.24, 2.45) is 16.6 Å². The van der Waals surface area contributed by atoms with Gasteiger partial charge in [-0.1, -0.05) is 24.8 Å². The van der Waals surface area contributed by atoms with E-state index in [9.17, 15) is 0 Å². The quantitative estimate of drug-likeness (QED) is 0.497. The molecule has 35 heavy (non-hydrogen) atoms. The van der Waals surface area contributed by atoms with Gasteiger partial charge in [-0.25, -0.2) is 0 Å². The van der Waals surface area contributed by atoms with Crippen molar-refractivity contribution in [2.75, 3.05) is 43.4 Å². The lowest BCUT2D eigenvalue weighted by Crippen LogP contribution is -2.41. The largest absolute Gasteiger partial charge is 0.382 e. The van der Waals surface area contributed by atoms with Gasteiger partial charge in [-0.05, 0) is 55.9 Å². The van der Waals surface area contributed by atoms with Crippen LogP contribution in [0.25, 0.3) is 16.6 Å². The molecule has 1 saturated heterocycles. The summed E-state index contributed by atoms with van der Waals surface area (Å²) < 4.78 is 2.45. The van der Waals surface area contributed by atoms with Crippen LogP contribution in [0.4, 0.5) is 17.1 Å². The highest BCUT2D eigenvalue weighted by Gasteiger charge is 2.25. The summed E-state index contributed by atoms with van der Waals surface area (Å²) in [6.07, 6.45) is 6.92. The number of nitrogens with one attached hydrogen (secondary N) is 1. The van der Waals surface area contributed by atoms with Crippen molar-refractivity contribution >= 4 is 39.9 Å². The van der Waals surface area contributed by atoms with Gasteiger partial charge < -0.3 is 25.4 Å². The van der Waals surface area contributed by atoms with Gasteiger partial charge in [0, 0.05) is 68.0 Å². The van der Waals surface area contributed by atoms with E-state index >= 15 is 0 Å². The lowest BCUT2D eigenvalue weighted by Gasteiger charge is -2.35. The Morgan fingerprint density at radius 2 is 2.03 bits per heavy atom. The fourth-order valence-corrected chi connectivity index (χ4v) is 5.56. The van der Waals surface area contributed by atoms with Gasteiger partial charge in [0.1, 0.15) is 0 Å².